The Balaban J connectivity index is 1.59. The Kier molecular flexibility index (Phi) is 2.92. The standard InChI is InChI=1S/C13H21N3O/c14-7-11-8-15-16(9-11)10-12-3-6-13(17-12)4-1-2-5-13/h8-9,12H,1-7,10,14H2. The van der Waals surface area contributed by atoms with Gasteiger partial charge in [0.15, 0.2) is 0 Å². The summed E-state index contributed by atoms with van der Waals surface area (Å²) in [5, 5.41) is 4.32. The van der Waals surface area contributed by atoms with E-state index in [2.05, 4.69) is 5.10 Å². The van der Waals surface area contributed by atoms with Gasteiger partial charge in [-0.25, -0.2) is 0 Å². The smallest absolute Gasteiger partial charge is 0.0779 e. The van der Waals surface area contributed by atoms with E-state index in [1.165, 1.54) is 38.5 Å². The lowest BCUT2D eigenvalue weighted by Crippen LogP contribution is -2.26. The highest BCUT2D eigenvalue weighted by molar-refractivity contribution is 5.03. The topological polar surface area (TPSA) is 53.1 Å². The summed E-state index contributed by atoms with van der Waals surface area (Å²) in [6.07, 6.45) is 11.8. The van der Waals surface area contributed by atoms with Crippen LogP contribution in [0.4, 0.5) is 0 Å². The molecule has 4 nitrogen and oxygen atoms in total. The maximum Gasteiger partial charge on any atom is 0.0779 e. The molecule has 0 radical (unpaired) electrons. The molecule has 1 aliphatic heterocycles. The molecule has 1 aromatic heterocycles. The number of nitrogens with zero attached hydrogens (tertiary/aromatic N) is 2. The van der Waals surface area contributed by atoms with Crippen LogP contribution in [-0.2, 0) is 17.8 Å². The second-order valence-corrected chi connectivity index (χ2v) is 5.44. The van der Waals surface area contributed by atoms with Gasteiger partial charge in [-0.1, -0.05) is 12.8 Å². The van der Waals surface area contributed by atoms with Crippen molar-refractivity contribution in [1.29, 1.82) is 0 Å². The van der Waals surface area contributed by atoms with E-state index in [1.807, 2.05) is 17.1 Å². The molecule has 1 atom stereocenters. The lowest BCUT2D eigenvalue weighted by atomic mass is 9.98. The summed E-state index contributed by atoms with van der Waals surface area (Å²) in [4.78, 5) is 0. The molecule has 1 unspecified atom stereocenters. The van der Waals surface area contributed by atoms with Crippen LogP contribution in [0.3, 0.4) is 0 Å². The van der Waals surface area contributed by atoms with Gasteiger partial charge in [-0.05, 0) is 25.7 Å². The summed E-state index contributed by atoms with van der Waals surface area (Å²) in [5.41, 5.74) is 6.91. The second-order valence-electron chi connectivity index (χ2n) is 5.44. The van der Waals surface area contributed by atoms with E-state index in [1.54, 1.807) is 0 Å². The second kappa shape index (κ2) is 4.42. The Morgan fingerprint density at radius 3 is 2.94 bits per heavy atom. The van der Waals surface area contributed by atoms with Crippen LogP contribution in [-0.4, -0.2) is 21.5 Å². The third-order valence-electron chi connectivity index (χ3n) is 4.17. The molecule has 1 spiro atoms. The molecule has 2 fully saturated rings. The largest absolute Gasteiger partial charge is 0.370 e. The zero-order chi connectivity index (χ0) is 11.7. The highest BCUT2D eigenvalue weighted by Crippen LogP contribution is 2.43. The van der Waals surface area contributed by atoms with Gasteiger partial charge in [0.25, 0.3) is 0 Å². The van der Waals surface area contributed by atoms with E-state index in [0.717, 1.165) is 12.1 Å². The van der Waals surface area contributed by atoms with Crippen molar-refractivity contribution in [2.24, 2.45) is 5.73 Å². The minimum absolute atomic E-state index is 0.231. The van der Waals surface area contributed by atoms with Gasteiger partial charge in [-0.3, -0.25) is 4.68 Å². The first kappa shape index (κ1) is 11.2. The first-order valence-corrected chi connectivity index (χ1v) is 6.69. The van der Waals surface area contributed by atoms with Crippen molar-refractivity contribution in [3.8, 4) is 0 Å². The molecule has 3 rings (SSSR count). The quantitative estimate of drug-likeness (QED) is 0.869. The van der Waals surface area contributed by atoms with Gasteiger partial charge in [-0.2, -0.15) is 5.10 Å². The van der Waals surface area contributed by atoms with Gasteiger partial charge in [0.05, 0.1) is 24.4 Å². The normalized spacial score (nSPS) is 27.0. The summed E-state index contributed by atoms with van der Waals surface area (Å²) in [5.74, 6) is 0. The van der Waals surface area contributed by atoms with Crippen LogP contribution < -0.4 is 5.73 Å². The highest BCUT2D eigenvalue weighted by atomic mass is 16.5. The van der Waals surface area contributed by atoms with Crippen LogP contribution >= 0.6 is 0 Å². The van der Waals surface area contributed by atoms with Crippen molar-refractivity contribution >= 4 is 0 Å². The van der Waals surface area contributed by atoms with Gasteiger partial charge in [-0.15, -0.1) is 0 Å². The minimum Gasteiger partial charge on any atom is -0.370 e. The predicted octanol–water partition coefficient (Wildman–Crippen LogP) is 1.83. The number of aromatic nitrogens is 2. The van der Waals surface area contributed by atoms with Crippen molar-refractivity contribution in [2.45, 2.75) is 63.3 Å². The zero-order valence-electron chi connectivity index (χ0n) is 10.3. The SMILES string of the molecule is NCc1cnn(CC2CCC3(CCCC3)O2)c1. The molecule has 4 heteroatoms. The van der Waals surface area contributed by atoms with E-state index < -0.39 is 0 Å². The number of hydrogen-bond donors (Lipinski definition) is 1. The first-order chi connectivity index (χ1) is 8.30. The molecule has 0 amide bonds. The summed E-state index contributed by atoms with van der Waals surface area (Å²) in [6.45, 7) is 1.44. The maximum absolute atomic E-state index is 6.26. The van der Waals surface area contributed by atoms with Crippen molar-refractivity contribution in [2.75, 3.05) is 0 Å². The molecule has 2 aliphatic rings. The number of hydrogen-bond acceptors (Lipinski definition) is 3. The average Bonchev–Trinajstić information content (AvgIpc) is 3.03. The molecule has 2 N–H and O–H groups in total. The lowest BCUT2D eigenvalue weighted by Gasteiger charge is -2.23. The highest BCUT2D eigenvalue weighted by Gasteiger charge is 2.42. The van der Waals surface area contributed by atoms with E-state index in [4.69, 9.17) is 10.5 Å². The van der Waals surface area contributed by atoms with E-state index in [-0.39, 0.29) is 5.60 Å². The summed E-state index contributed by atoms with van der Waals surface area (Å²) < 4.78 is 8.24. The van der Waals surface area contributed by atoms with Crippen LogP contribution in [0, 0.1) is 0 Å². The Bertz CT molecular complexity index is 382. The van der Waals surface area contributed by atoms with Gasteiger partial charge in [0, 0.05) is 18.3 Å². The molecule has 1 saturated carbocycles. The van der Waals surface area contributed by atoms with Crippen LogP contribution in [0.2, 0.25) is 0 Å². The molecule has 17 heavy (non-hydrogen) atoms. The molecule has 2 heterocycles. The Hall–Kier alpha value is -0.870. The monoisotopic (exact) mass is 235 g/mol. The molecule has 94 valence electrons. The Morgan fingerprint density at radius 1 is 1.41 bits per heavy atom. The van der Waals surface area contributed by atoms with E-state index >= 15 is 0 Å². The number of ether oxygens (including phenoxy) is 1. The fraction of sp³-hybridized carbons (Fsp3) is 0.769. The molecule has 1 aromatic rings. The van der Waals surface area contributed by atoms with Crippen molar-refractivity contribution in [3.63, 3.8) is 0 Å². The molecule has 1 aliphatic carbocycles. The fourth-order valence-corrected chi connectivity index (χ4v) is 3.23. The zero-order valence-corrected chi connectivity index (χ0v) is 10.3. The van der Waals surface area contributed by atoms with E-state index in [9.17, 15) is 0 Å². The number of nitrogens with two attached hydrogens (primary N) is 1. The summed E-state index contributed by atoms with van der Waals surface area (Å²) >= 11 is 0. The van der Waals surface area contributed by atoms with Gasteiger partial charge in [0.1, 0.15) is 0 Å². The van der Waals surface area contributed by atoms with Crippen molar-refractivity contribution in [3.05, 3.63) is 18.0 Å². The van der Waals surface area contributed by atoms with Crippen LogP contribution in [0.1, 0.15) is 44.1 Å². The summed E-state index contributed by atoms with van der Waals surface area (Å²) in [6, 6.07) is 0. The number of rotatable bonds is 3. The first-order valence-electron chi connectivity index (χ1n) is 6.69. The molecule has 0 bridgehead atoms. The van der Waals surface area contributed by atoms with Gasteiger partial charge >= 0.3 is 0 Å². The van der Waals surface area contributed by atoms with Crippen molar-refractivity contribution in [1.82, 2.24) is 9.78 Å². The Labute approximate surface area is 102 Å². The average molecular weight is 235 g/mol. The van der Waals surface area contributed by atoms with Gasteiger partial charge < -0.3 is 10.5 Å². The minimum atomic E-state index is 0.231. The predicted molar refractivity (Wildman–Crippen MR) is 65.4 cm³/mol. The van der Waals surface area contributed by atoms with Gasteiger partial charge in [0.2, 0.25) is 0 Å². The lowest BCUT2D eigenvalue weighted by molar-refractivity contribution is -0.0429. The molecular formula is C13H21N3O. The van der Waals surface area contributed by atoms with Crippen LogP contribution in [0.25, 0.3) is 0 Å². The third kappa shape index (κ3) is 2.24. The molecular weight excluding hydrogens is 214 g/mol. The van der Waals surface area contributed by atoms with E-state index in [0.29, 0.717) is 12.6 Å². The maximum atomic E-state index is 6.26. The fourth-order valence-electron chi connectivity index (χ4n) is 3.23. The molecule has 1 saturated heterocycles. The van der Waals surface area contributed by atoms with Crippen molar-refractivity contribution < 1.29 is 4.74 Å². The summed E-state index contributed by atoms with van der Waals surface area (Å²) in [7, 11) is 0. The Morgan fingerprint density at radius 2 is 2.24 bits per heavy atom. The van der Waals surface area contributed by atoms with Crippen LogP contribution in [0.5, 0.6) is 0 Å². The van der Waals surface area contributed by atoms with Crippen LogP contribution in [0.15, 0.2) is 12.4 Å². The molecule has 0 aromatic carbocycles. The third-order valence-corrected chi connectivity index (χ3v) is 4.17.